The lowest BCUT2D eigenvalue weighted by molar-refractivity contribution is -0.120. The minimum atomic E-state index is -3.55. The van der Waals surface area contributed by atoms with Crippen molar-refractivity contribution >= 4 is 55.2 Å². The summed E-state index contributed by atoms with van der Waals surface area (Å²) in [5.41, 5.74) is 3.10. The Bertz CT molecular complexity index is 1490. The number of hydrogen-bond donors (Lipinski definition) is 1. The van der Waals surface area contributed by atoms with Crippen molar-refractivity contribution in [2.45, 2.75) is 36.1 Å². The van der Waals surface area contributed by atoms with E-state index >= 15 is 0 Å². The zero-order valence-corrected chi connectivity index (χ0v) is 21.5. The van der Waals surface area contributed by atoms with Crippen molar-refractivity contribution in [1.82, 2.24) is 8.87 Å². The molecule has 5 rings (SSSR count). The van der Waals surface area contributed by atoms with Gasteiger partial charge in [0.2, 0.25) is 15.9 Å². The highest BCUT2D eigenvalue weighted by Gasteiger charge is 2.32. The number of fused-ring (bicyclic) bond motifs is 3. The second kappa shape index (κ2) is 9.68. The molecule has 1 N–H and O–H groups in total. The molecule has 0 aliphatic carbocycles. The first kappa shape index (κ1) is 23.9. The van der Waals surface area contributed by atoms with E-state index in [4.69, 9.17) is 0 Å². The molecule has 3 aromatic carbocycles. The third-order valence-electron chi connectivity index (χ3n) is 6.88. The molecule has 0 saturated carbocycles. The number of para-hydroxylation sites is 1. The molecule has 1 amide bonds. The quantitative estimate of drug-likeness (QED) is 0.346. The molecule has 1 aliphatic rings. The lowest BCUT2D eigenvalue weighted by Gasteiger charge is -2.30. The summed E-state index contributed by atoms with van der Waals surface area (Å²) in [7, 11) is -3.55. The van der Waals surface area contributed by atoms with Crippen molar-refractivity contribution in [3.8, 4) is 0 Å². The number of aromatic nitrogens is 1. The normalized spacial score (nSPS) is 15.6. The number of aryl methyl sites for hydroxylation is 1. The van der Waals surface area contributed by atoms with Gasteiger partial charge >= 0.3 is 0 Å². The first-order chi connectivity index (χ1) is 16.9. The summed E-state index contributed by atoms with van der Waals surface area (Å²) < 4.78 is 29.8. The Hall–Kier alpha value is -2.81. The zero-order chi connectivity index (χ0) is 24.6. The van der Waals surface area contributed by atoms with E-state index in [0.29, 0.717) is 30.8 Å². The van der Waals surface area contributed by atoms with Crippen LogP contribution in [-0.2, 0) is 21.4 Å². The predicted molar refractivity (Wildman–Crippen MR) is 143 cm³/mol. The summed E-state index contributed by atoms with van der Waals surface area (Å²) in [5.74, 6) is -0.266. The number of amides is 1. The Morgan fingerprint density at radius 3 is 2.34 bits per heavy atom. The summed E-state index contributed by atoms with van der Waals surface area (Å²) in [6.07, 6.45) is 2.97. The Labute approximate surface area is 210 Å². The minimum Gasteiger partial charge on any atom is -0.341 e. The molecule has 0 unspecified atom stereocenters. The van der Waals surface area contributed by atoms with Gasteiger partial charge in [0, 0.05) is 57.9 Å². The number of nitrogens with zero attached hydrogens (tertiary/aromatic N) is 2. The average molecular weight is 508 g/mol. The van der Waals surface area contributed by atoms with Crippen LogP contribution in [0.2, 0.25) is 0 Å². The number of thioether (sulfide) groups is 1. The van der Waals surface area contributed by atoms with E-state index in [1.165, 1.54) is 15.2 Å². The van der Waals surface area contributed by atoms with E-state index in [1.54, 1.807) is 23.9 Å². The first-order valence-corrected chi connectivity index (χ1v) is 14.5. The second-order valence-electron chi connectivity index (χ2n) is 8.84. The lowest BCUT2D eigenvalue weighted by atomic mass is 9.97. The number of anilines is 1. The molecule has 1 fully saturated rings. The molecule has 4 aromatic rings. The molecule has 8 heteroatoms. The van der Waals surface area contributed by atoms with Crippen LogP contribution in [0.4, 0.5) is 5.69 Å². The largest absolute Gasteiger partial charge is 0.341 e. The van der Waals surface area contributed by atoms with E-state index in [-0.39, 0.29) is 11.8 Å². The monoisotopic (exact) mass is 507 g/mol. The van der Waals surface area contributed by atoms with E-state index < -0.39 is 10.0 Å². The van der Waals surface area contributed by atoms with Crippen LogP contribution in [-0.4, -0.2) is 42.5 Å². The van der Waals surface area contributed by atoms with Crippen molar-refractivity contribution in [2.75, 3.05) is 24.7 Å². The van der Waals surface area contributed by atoms with Gasteiger partial charge in [-0.25, -0.2) is 8.42 Å². The molecule has 0 radical (unpaired) electrons. The van der Waals surface area contributed by atoms with E-state index in [1.807, 2.05) is 42.7 Å². The topological polar surface area (TPSA) is 71.4 Å². The lowest BCUT2D eigenvalue weighted by Crippen LogP contribution is -2.41. The fourth-order valence-corrected chi connectivity index (χ4v) is 6.85. The summed E-state index contributed by atoms with van der Waals surface area (Å²) in [6.45, 7) is 3.69. The van der Waals surface area contributed by atoms with Gasteiger partial charge in [-0.05, 0) is 74.6 Å². The molecular weight excluding hydrogens is 478 g/mol. The highest BCUT2D eigenvalue weighted by molar-refractivity contribution is 7.98. The second-order valence-corrected chi connectivity index (χ2v) is 11.7. The predicted octanol–water partition coefficient (Wildman–Crippen LogP) is 5.58. The molecule has 182 valence electrons. The molecule has 0 atom stereocenters. The molecular formula is C27H29N3O3S2. The van der Waals surface area contributed by atoms with Crippen molar-refractivity contribution in [3.63, 3.8) is 0 Å². The summed E-state index contributed by atoms with van der Waals surface area (Å²) >= 11 is 1.58. The molecule has 1 aromatic heterocycles. The number of piperidine rings is 1. The SMILES string of the molecule is CCn1c2ccccc2c2cc(NC(=O)C3CCN(S(=O)(=O)c4ccc(SC)cc4)CC3)ccc21. The van der Waals surface area contributed by atoms with Crippen LogP contribution >= 0.6 is 11.8 Å². The summed E-state index contributed by atoms with van der Waals surface area (Å²) in [4.78, 5) is 14.4. The molecule has 1 aliphatic heterocycles. The molecule has 0 bridgehead atoms. The van der Waals surface area contributed by atoms with Crippen LogP contribution in [0.25, 0.3) is 21.8 Å². The fourth-order valence-electron chi connectivity index (χ4n) is 4.97. The van der Waals surface area contributed by atoms with Crippen LogP contribution in [0, 0.1) is 5.92 Å². The highest BCUT2D eigenvalue weighted by atomic mass is 32.2. The number of sulfonamides is 1. The third kappa shape index (κ3) is 4.46. The maximum atomic E-state index is 13.0. The number of nitrogens with one attached hydrogen (secondary N) is 1. The number of benzene rings is 3. The van der Waals surface area contributed by atoms with Crippen LogP contribution < -0.4 is 5.32 Å². The van der Waals surface area contributed by atoms with Gasteiger partial charge in [0.05, 0.1) is 4.90 Å². The van der Waals surface area contributed by atoms with Crippen molar-refractivity contribution in [2.24, 2.45) is 5.92 Å². The number of carbonyl (C=O) groups excluding carboxylic acids is 1. The average Bonchev–Trinajstić information content (AvgIpc) is 3.21. The van der Waals surface area contributed by atoms with Gasteiger partial charge in [0.1, 0.15) is 0 Å². The highest BCUT2D eigenvalue weighted by Crippen LogP contribution is 2.32. The van der Waals surface area contributed by atoms with Gasteiger partial charge in [-0.3, -0.25) is 4.79 Å². The Morgan fingerprint density at radius 1 is 0.971 bits per heavy atom. The summed E-state index contributed by atoms with van der Waals surface area (Å²) in [6, 6.07) is 21.3. The van der Waals surface area contributed by atoms with Crippen LogP contribution in [0.5, 0.6) is 0 Å². The van der Waals surface area contributed by atoms with Gasteiger partial charge in [-0.2, -0.15) is 4.31 Å². The van der Waals surface area contributed by atoms with E-state index in [9.17, 15) is 13.2 Å². The Balaban J connectivity index is 1.28. The molecule has 0 spiro atoms. The maximum Gasteiger partial charge on any atom is 0.243 e. The van der Waals surface area contributed by atoms with Crippen molar-refractivity contribution in [1.29, 1.82) is 0 Å². The number of carbonyl (C=O) groups is 1. The smallest absolute Gasteiger partial charge is 0.243 e. The van der Waals surface area contributed by atoms with Crippen LogP contribution in [0.3, 0.4) is 0 Å². The van der Waals surface area contributed by atoms with Crippen molar-refractivity contribution in [3.05, 3.63) is 66.7 Å². The Morgan fingerprint density at radius 2 is 1.66 bits per heavy atom. The van der Waals surface area contributed by atoms with Gasteiger partial charge in [-0.15, -0.1) is 11.8 Å². The van der Waals surface area contributed by atoms with E-state index in [2.05, 4.69) is 35.0 Å². The zero-order valence-electron chi connectivity index (χ0n) is 19.9. The van der Waals surface area contributed by atoms with Gasteiger partial charge < -0.3 is 9.88 Å². The standard InChI is InChI=1S/C27H29N3O3S2/c1-3-30-25-7-5-4-6-23(25)24-18-20(8-13-26(24)30)28-27(31)19-14-16-29(17-15-19)35(32,33)22-11-9-21(34-2)10-12-22/h4-13,18-19H,3,14-17H2,1-2H3,(H,28,31). The summed E-state index contributed by atoms with van der Waals surface area (Å²) in [5, 5.41) is 5.37. The van der Waals surface area contributed by atoms with Crippen LogP contribution in [0.1, 0.15) is 19.8 Å². The molecule has 1 saturated heterocycles. The number of rotatable bonds is 6. The third-order valence-corrected chi connectivity index (χ3v) is 9.53. The minimum absolute atomic E-state index is 0.0510. The molecule has 6 nitrogen and oxygen atoms in total. The Kier molecular flexibility index (Phi) is 6.61. The van der Waals surface area contributed by atoms with Gasteiger partial charge in [0.15, 0.2) is 0 Å². The fraction of sp³-hybridized carbons (Fsp3) is 0.296. The molecule has 35 heavy (non-hydrogen) atoms. The van der Waals surface area contributed by atoms with Gasteiger partial charge in [-0.1, -0.05) is 18.2 Å². The number of hydrogen-bond acceptors (Lipinski definition) is 4. The van der Waals surface area contributed by atoms with Gasteiger partial charge in [0.25, 0.3) is 0 Å². The molecule has 2 heterocycles. The van der Waals surface area contributed by atoms with Crippen LogP contribution in [0.15, 0.2) is 76.5 Å². The first-order valence-electron chi connectivity index (χ1n) is 11.9. The maximum absolute atomic E-state index is 13.0. The van der Waals surface area contributed by atoms with E-state index in [0.717, 1.165) is 28.0 Å². The van der Waals surface area contributed by atoms with Crippen molar-refractivity contribution < 1.29 is 13.2 Å².